The highest BCUT2D eigenvalue weighted by Crippen LogP contribution is 2.23. The number of rotatable bonds is 7. The van der Waals surface area contributed by atoms with E-state index in [0.29, 0.717) is 53.3 Å². The summed E-state index contributed by atoms with van der Waals surface area (Å²) in [5.41, 5.74) is 1.35. The van der Waals surface area contributed by atoms with E-state index in [0.717, 1.165) is 18.7 Å². The Bertz CT molecular complexity index is 1080. The van der Waals surface area contributed by atoms with Crippen molar-refractivity contribution in [2.75, 3.05) is 38.2 Å². The summed E-state index contributed by atoms with van der Waals surface area (Å²) in [4.78, 5) is 21.9. The van der Waals surface area contributed by atoms with Crippen LogP contribution in [0.5, 0.6) is 0 Å². The van der Waals surface area contributed by atoms with E-state index < -0.39 is 6.10 Å². The minimum Gasteiger partial charge on any atom is -0.390 e. The van der Waals surface area contributed by atoms with Crippen LogP contribution in [-0.2, 0) is 17.8 Å². The lowest BCUT2D eigenvalue weighted by atomic mass is 10.2. The number of ether oxygens (including phenoxy) is 1. The predicted octanol–water partition coefficient (Wildman–Crippen LogP) is 2.15. The fraction of sp³-hybridized carbons (Fsp3) is 0.421. The van der Waals surface area contributed by atoms with Gasteiger partial charge in [-0.1, -0.05) is 29.3 Å². The molecule has 1 saturated heterocycles. The molecule has 0 aliphatic carbocycles. The van der Waals surface area contributed by atoms with Gasteiger partial charge in [0.1, 0.15) is 5.52 Å². The van der Waals surface area contributed by atoms with E-state index >= 15 is 0 Å². The van der Waals surface area contributed by atoms with E-state index in [4.69, 9.17) is 27.9 Å². The van der Waals surface area contributed by atoms with E-state index in [9.17, 15) is 9.90 Å². The number of aliphatic hydroxyl groups excluding tert-OH is 1. The number of halogens is 3. The summed E-state index contributed by atoms with van der Waals surface area (Å²) in [6.45, 7) is 4.02. The van der Waals surface area contributed by atoms with Crippen molar-refractivity contribution in [3.63, 3.8) is 0 Å². The average molecular weight is 490 g/mol. The van der Waals surface area contributed by atoms with Crippen LogP contribution in [0.2, 0.25) is 10.0 Å². The average Bonchev–Trinajstić information content (AvgIpc) is 3.12. The van der Waals surface area contributed by atoms with Crippen molar-refractivity contribution >= 4 is 52.6 Å². The van der Waals surface area contributed by atoms with Crippen molar-refractivity contribution in [2.24, 2.45) is 0 Å². The van der Waals surface area contributed by atoms with Crippen LogP contribution in [0.25, 0.3) is 11.0 Å². The highest BCUT2D eigenvalue weighted by atomic mass is 35.5. The summed E-state index contributed by atoms with van der Waals surface area (Å²) in [5.74, 6) is 0.326. The molecule has 1 unspecified atom stereocenters. The number of morpholine rings is 1. The van der Waals surface area contributed by atoms with Gasteiger partial charge in [0, 0.05) is 26.2 Å². The van der Waals surface area contributed by atoms with Crippen molar-refractivity contribution in [1.29, 1.82) is 0 Å². The largest absolute Gasteiger partial charge is 0.390 e. The highest BCUT2D eigenvalue weighted by molar-refractivity contribution is 6.42. The summed E-state index contributed by atoms with van der Waals surface area (Å²) < 4.78 is 6.81. The summed E-state index contributed by atoms with van der Waals surface area (Å²) in [7, 11) is 0. The Morgan fingerprint density at radius 3 is 2.74 bits per heavy atom. The first-order valence-corrected chi connectivity index (χ1v) is 10.4. The number of hydrogen-bond acceptors (Lipinski definition) is 7. The van der Waals surface area contributed by atoms with Gasteiger partial charge in [0.25, 0.3) is 5.56 Å². The molecule has 0 saturated carbocycles. The summed E-state index contributed by atoms with van der Waals surface area (Å²) in [5, 5.41) is 18.7. The normalized spacial score (nSPS) is 15.6. The number of aromatic amines is 1. The zero-order valence-electron chi connectivity index (χ0n) is 16.6. The fourth-order valence-corrected chi connectivity index (χ4v) is 3.72. The zero-order chi connectivity index (χ0) is 21.1. The van der Waals surface area contributed by atoms with Gasteiger partial charge in [-0.2, -0.15) is 5.10 Å². The van der Waals surface area contributed by atoms with Gasteiger partial charge in [-0.3, -0.25) is 19.4 Å². The number of H-pyrrole nitrogens is 1. The Kier molecular flexibility index (Phi) is 8.15. The smallest absolute Gasteiger partial charge is 0.278 e. The third-order valence-corrected chi connectivity index (χ3v) is 5.64. The van der Waals surface area contributed by atoms with Crippen LogP contribution in [0.1, 0.15) is 5.56 Å². The lowest BCUT2D eigenvalue weighted by molar-refractivity contribution is 0.0111. The Balaban J connectivity index is 0.00000272. The first-order chi connectivity index (χ1) is 14.5. The van der Waals surface area contributed by atoms with Crippen molar-refractivity contribution in [3.05, 3.63) is 50.4 Å². The third kappa shape index (κ3) is 5.88. The van der Waals surface area contributed by atoms with E-state index in [1.54, 1.807) is 12.1 Å². The van der Waals surface area contributed by atoms with Crippen LogP contribution in [0, 0.1) is 0 Å². The van der Waals surface area contributed by atoms with Gasteiger partial charge in [-0.05, 0) is 17.7 Å². The lowest BCUT2D eigenvalue weighted by Gasteiger charge is -2.28. The second kappa shape index (κ2) is 10.6. The van der Waals surface area contributed by atoms with Crippen LogP contribution in [0.3, 0.4) is 0 Å². The lowest BCUT2D eigenvalue weighted by Crippen LogP contribution is -2.42. The molecule has 2 aromatic heterocycles. The molecule has 1 fully saturated rings. The number of anilines is 1. The Labute approximate surface area is 194 Å². The number of aromatic nitrogens is 4. The first kappa shape index (κ1) is 23.8. The molecule has 1 aliphatic rings. The maximum Gasteiger partial charge on any atom is 0.278 e. The molecule has 168 valence electrons. The molecule has 1 aliphatic heterocycles. The zero-order valence-corrected chi connectivity index (χ0v) is 18.9. The predicted molar refractivity (Wildman–Crippen MR) is 122 cm³/mol. The molecule has 3 aromatic rings. The monoisotopic (exact) mass is 488 g/mol. The first-order valence-electron chi connectivity index (χ1n) is 9.61. The molecular formula is C19H23Cl3N6O3. The van der Waals surface area contributed by atoms with Crippen LogP contribution >= 0.6 is 35.6 Å². The number of benzene rings is 1. The molecule has 0 amide bonds. The van der Waals surface area contributed by atoms with Crippen molar-refractivity contribution in [3.8, 4) is 0 Å². The SMILES string of the molecule is Cl.O=c1[nH]c(NCc2ccc(Cl)c(Cl)c2)nc2cnn(CC(O)CN3CCOCC3)c12. The number of nitrogens with one attached hydrogen (secondary N) is 2. The quantitative estimate of drug-likeness (QED) is 0.467. The molecule has 0 bridgehead atoms. The second-order valence-corrected chi connectivity index (χ2v) is 7.96. The fourth-order valence-electron chi connectivity index (χ4n) is 3.40. The van der Waals surface area contributed by atoms with E-state index in [-0.39, 0.29) is 24.5 Å². The van der Waals surface area contributed by atoms with E-state index in [1.165, 1.54) is 10.9 Å². The molecule has 31 heavy (non-hydrogen) atoms. The molecule has 0 radical (unpaired) electrons. The molecule has 9 nitrogen and oxygen atoms in total. The summed E-state index contributed by atoms with van der Waals surface area (Å²) in [6.07, 6.45) is 0.870. The van der Waals surface area contributed by atoms with E-state index in [2.05, 4.69) is 25.3 Å². The van der Waals surface area contributed by atoms with Gasteiger partial charge < -0.3 is 15.2 Å². The molecule has 1 atom stereocenters. The Morgan fingerprint density at radius 2 is 2.00 bits per heavy atom. The van der Waals surface area contributed by atoms with Gasteiger partial charge in [0.2, 0.25) is 5.95 Å². The van der Waals surface area contributed by atoms with E-state index in [1.807, 2.05) is 6.07 Å². The van der Waals surface area contributed by atoms with Gasteiger partial charge in [0.05, 0.1) is 42.1 Å². The maximum atomic E-state index is 12.6. The number of fused-ring (bicyclic) bond motifs is 1. The van der Waals surface area contributed by atoms with Crippen LogP contribution < -0.4 is 10.9 Å². The minimum absolute atomic E-state index is 0. The van der Waals surface area contributed by atoms with Gasteiger partial charge in [-0.25, -0.2) is 4.98 Å². The maximum absolute atomic E-state index is 12.6. The van der Waals surface area contributed by atoms with Crippen molar-refractivity contribution < 1.29 is 9.84 Å². The van der Waals surface area contributed by atoms with Crippen molar-refractivity contribution in [1.82, 2.24) is 24.6 Å². The number of aliphatic hydroxyl groups is 1. The Hall–Kier alpha value is -1.88. The molecule has 3 heterocycles. The van der Waals surface area contributed by atoms with Crippen LogP contribution in [0.4, 0.5) is 5.95 Å². The highest BCUT2D eigenvalue weighted by Gasteiger charge is 2.18. The van der Waals surface area contributed by atoms with Gasteiger partial charge in [-0.15, -0.1) is 12.4 Å². The molecule has 0 spiro atoms. The molecular weight excluding hydrogens is 467 g/mol. The molecule has 4 rings (SSSR count). The van der Waals surface area contributed by atoms with Crippen LogP contribution in [-0.4, -0.2) is 68.7 Å². The topological polar surface area (TPSA) is 108 Å². The number of nitrogens with zero attached hydrogens (tertiary/aromatic N) is 4. The molecule has 12 heteroatoms. The summed E-state index contributed by atoms with van der Waals surface area (Å²) >= 11 is 12.0. The van der Waals surface area contributed by atoms with Crippen molar-refractivity contribution in [2.45, 2.75) is 19.2 Å². The van der Waals surface area contributed by atoms with Crippen LogP contribution in [0.15, 0.2) is 29.2 Å². The van der Waals surface area contributed by atoms with Gasteiger partial charge >= 0.3 is 0 Å². The molecule has 3 N–H and O–H groups in total. The second-order valence-electron chi connectivity index (χ2n) is 7.14. The minimum atomic E-state index is -0.655. The molecule has 1 aromatic carbocycles. The van der Waals surface area contributed by atoms with Gasteiger partial charge in [0.15, 0.2) is 5.52 Å². The summed E-state index contributed by atoms with van der Waals surface area (Å²) in [6, 6.07) is 5.31. The Morgan fingerprint density at radius 1 is 1.23 bits per heavy atom. The number of hydrogen-bond donors (Lipinski definition) is 3. The number of β-amino-alcohol motifs (C(OH)–C–C–N with tert-alkyl or cyclic N) is 1. The third-order valence-electron chi connectivity index (χ3n) is 4.90. The standard InChI is InChI=1S/C19H22Cl2N6O3.ClH/c20-14-2-1-12(7-15(14)21)8-22-19-24-16-9-23-27(17(16)18(29)25-19)11-13(28)10-26-3-5-30-6-4-26;/h1-2,7,9,13,28H,3-6,8,10-11H2,(H2,22,24,25,29);1H.